The molecule has 1 amide bonds. The first-order valence-electron chi connectivity index (χ1n) is 7.97. The van der Waals surface area contributed by atoms with Crippen molar-refractivity contribution in [2.75, 3.05) is 26.7 Å². The quantitative estimate of drug-likeness (QED) is 0.803. The van der Waals surface area contributed by atoms with Gasteiger partial charge in [0.1, 0.15) is 5.75 Å². The van der Waals surface area contributed by atoms with Crippen molar-refractivity contribution in [3.63, 3.8) is 0 Å². The first-order valence-corrected chi connectivity index (χ1v) is 7.97. The number of methoxy groups -OCH3 is 1. The molecule has 122 valence electrons. The maximum Gasteiger partial charge on any atom is 0.404 e. The van der Waals surface area contributed by atoms with Crippen LogP contribution < -0.4 is 15.4 Å². The third-order valence-electron chi connectivity index (χ3n) is 4.64. The fourth-order valence-corrected chi connectivity index (χ4v) is 3.71. The smallest absolute Gasteiger partial charge is 0.404 e. The molecule has 1 aliphatic carbocycles. The largest absolute Gasteiger partial charge is 0.497 e. The van der Waals surface area contributed by atoms with Gasteiger partial charge in [0.25, 0.3) is 0 Å². The zero-order valence-corrected chi connectivity index (χ0v) is 13.6. The zero-order valence-electron chi connectivity index (χ0n) is 13.6. The molecule has 22 heavy (non-hydrogen) atoms. The average molecular weight is 306 g/mol. The second-order valence-electron chi connectivity index (χ2n) is 5.77. The summed E-state index contributed by atoms with van der Waals surface area (Å²) < 4.78 is 5.34. The molecule has 0 saturated carbocycles. The van der Waals surface area contributed by atoms with Crippen LogP contribution >= 0.6 is 0 Å². The van der Waals surface area contributed by atoms with E-state index in [1.165, 1.54) is 18.5 Å². The Balaban J connectivity index is 0.000000254. The van der Waals surface area contributed by atoms with Gasteiger partial charge in [-0.1, -0.05) is 13.0 Å². The molecule has 1 saturated heterocycles. The third kappa shape index (κ3) is 3.35. The minimum atomic E-state index is -0.961. The van der Waals surface area contributed by atoms with Gasteiger partial charge in [-0.25, -0.2) is 4.79 Å². The van der Waals surface area contributed by atoms with Crippen LogP contribution in [0.4, 0.5) is 4.79 Å². The molecule has 5 nitrogen and oxygen atoms in total. The van der Waals surface area contributed by atoms with E-state index in [0.717, 1.165) is 30.0 Å². The molecular formula is C17H26N2O3. The Morgan fingerprint density at radius 2 is 2.14 bits per heavy atom. The van der Waals surface area contributed by atoms with Gasteiger partial charge < -0.3 is 20.5 Å². The lowest BCUT2D eigenvalue weighted by molar-refractivity contribution is 0.195. The number of ether oxygens (including phenoxy) is 1. The lowest BCUT2D eigenvalue weighted by Gasteiger charge is -2.16. The van der Waals surface area contributed by atoms with E-state index in [1.54, 1.807) is 19.6 Å². The summed E-state index contributed by atoms with van der Waals surface area (Å²) in [5, 5.41) is 13.5. The molecule has 3 N–H and O–H groups in total. The van der Waals surface area contributed by atoms with Gasteiger partial charge in [-0.05, 0) is 55.0 Å². The van der Waals surface area contributed by atoms with Crippen LogP contribution in [0.15, 0.2) is 18.2 Å². The molecule has 0 spiro atoms. The van der Waals surface area contributed by atoms with Crippen LogP contribution in [0.25, 0.3) is 0 Å². The van der Waals surface area contributed by atoms with Crippen molar-refractivity contribution >= 4 is 6.09 Å². The molecule has 0 aromatic heterocycles. The predicted octanol–water partition coefficient (Wildman–Crippen LogP) is 2.78. The fourth-order valence-electron chi connectivity index (χ4n) is 3.71. The van der Waals surface area contributed by atoms with Crippen LogP contribution in [-0.4, -0.2) is 37.9 Å². The van der Waals surface area contributed by atoms with Gasteiger partial charge in [-0.2, -0.15) is 0 Å². The van der Waals surface area contributed by atoms with Gasteiger partial charge in [-0.15, -0.1) is 0 Å². The summed E-state index contributed by atoms with van der Waals surface area (Å²) in [6, 6.07) is 6.63. The summed E-state index contributed by atoms with van der Waals surface area (Å²) in [4.78, 5) is 9.49. The minimum absolute atomic E-state index is 0.481. The SMILES string of the molecule is CCC1c2ccc(OC)cc2C2CNCC12.CCNC(=O)O. The average Bonchev–Trinajstić information content (AvgIpc) is 3.07. The van der Waals surface area contributed by atoms with Gasteiger partial charge in [0.2, 0.25) is 0 Å². The molecule has 1 aromatic carbocycles. The molecule has 3 unspecified atom stereocenters. The summed E-state index contributed by atoms with van der Waals surface area (Å²) in [5.74, 6) is 3.28. The Bertz CT molecular complexity index is 519. The van der Waals surface area contributed by atoms with E-state index in [-0.39, 0.29) is 0 Å². The van der Waals surface area contributed by atoms with Crippen molar-refractivity contribution in [3.8, 4) is 5.75 Å². The summed E-state index contributed by atoms with van der Waals surface area (Å²) in [6.07, 6.45) is 0.292. The first-order chi connectivity index (χ1) is 10.6. The molecule has 1 aromatic rings. The monoisotopic (exact) mass is 306 g/mol. The van der Waals surface area contributed by atoms with Gasteiger partial charge in [0, 0.05) is 19.0 Å². The molecule has 3 atom stereocenters. The highest BCUT2D eigenvalue weighted by Crippen LogP contribution is 2.50. The van der Waals surface area contributed by atoms with Gasteiger partial charge in [0.15, 0.2) is 0 Å². The summed E-state index contributed by atoms with van der Waals surface area (Å²) >= 11 is 0. The Morgan fingerprint density at radius 3 is 2.68 bits per heavy atom. The highest BCUT2D eigenvalue weighted by Gasteiger charge is 2.42. The Hall–Kier alpha value is -1.75. The van der Waals surface area contributed by atoms with E-state index in [1.807, 2.05) is 0 Å². The minimum Gasteiger partial charge on any atom is -0.497 e. The maximum atomic E-state index is 9.49. The van der Waals surface area contributed by atoms with Crippen molar-refractivity contribution in [1.82, 2.24) is 10.6 Å². The van der Waals surface area contributed by atoms with Crippen molar-refractivity contribution in [3.05, 3.63) is 29.3 Å². The predicted molar refractivity (Wildman–Crippen MR) is 86.8 cm³/mol. The Morgan fingerprint density at radius 1 is 1.36 bits per heavy atom. The highest BCUT2D eigenvalue weighted by molar-refractivity contribution is 5.64. The molecule has 1 aliphatic heterocycles. The van der Waals surface area contributed by atoms with E-state index < -0.39 is 6.09 Å². The number of amides is 1. The van der Waals surface area contributed by atoms with Gasteiger partial charge >= 0.3 is 6.09 Å². The second kappa shape index (κ2) is 7.49. The molecule has 1 fully saturated rings. The number of nitrogens with one attached hydrogen (secondary N) is 2. The normalized spacial score (nSPS) is 24.8. The molecule has 0 radical (unpaired) electrons. The van der Waals surface area contributed by atoms with Crippen LogP contribution in [0.3, 0.4) is 0 Å². The van der Waals surface area contributed by atoms with Crippen molar-refractivity contribution in [2.24, 2.45) is 5.92 Å². The molecule has 5 heteroatoms. The topological polar surface area (TPSA) is 70.6 Å². The number of hydrogen-bond acceptors (Lipinski definition) is 3. The second-order valence-corrected chi connectivity index (χ2v) is 5.77. The lowest BCUT2D eigenvalue weighted by atomic mass is 9.88. The van der Waals surface area contributed by atoms with Gasteiger partial charge in [0.05, 0.1) is 7.11 Å². The number of carboxylic acid groups (broad SMARTS) is 1. The van der Waals surface area contributed by atoms with E-state index in [0.29, 0.717) is 6.54 Å². The summed E-state index contributed by atoms with van der Waals surface area (Å²) in [5.41, 5.74) is 3.10. The maximum absolute atomic E-state index is 9.49. The molecular weight excluding hydrogens is 280 g/mol. The number of hydrogen-bond donors (Lipinski definition) is 3. The first kappa shape index (κ1) is 16.6. The number of carbonyl (C=O) groups is 1. The fraction of sp³-hybridized carbons (Fsp3) is 0.588. The van der Waals surface area contributed by atoms with E-state index >= 15 is 0 Å². The molecule has 3 rings (SSSR count). The summed E-state index contributed by atoms with van der Waals surface area (Å²) in [6.45, 7) is 6.84. The Labute approximate surface area is 132 Å². The third-order valence-corrected chi connectivity index (χ3v) is 4.64. The zero-order chi connectivity index (χ0) is 16.1. The molecule has 2 aliphatic rings. The van der Waals surface area contributed by atoms with Crippen molar-refractivity contribution in [2.45, 2.75) is 32.1 Å². The van der Waals surface area contributed by atoms with Crippen LogP contribution in [0.1, 0.15) is 43.2 Å². The number of rotatable bonds is 3. The molecule has 1 heterocycles. The lowest BCUT2D eigenvalue weighted by Crippen LogP contribution is -2.19. The van der Waals surface area contributed by atoms with Gasteiger partial charge in [-0.3, -0.25) is 0 Å². The van der Waals surface area contributed by atoms with Crippen molar-refractivity contribution in [1.29, 1.82) is 0 Å². The Kier molecular flexibility index (Phi) is 5.66. The molecule has 0 bridgehead atoms. The van der Waals surface area contributed by atoms with Crippen LogP contribution in [0.5, 0.6) is 5.75 Å². The van der Waals surface area contributed by atoms with E-state index in [9.17, 15) is 4.79 Å². The summed E-state index contributed by atoms with van der Waals surface area (Å²) in [7, 11) is 1.75. The number of fused-ring (bicyclic) bond motifs is 3. The standard InChI is InChI=1S/C14H19NO.C3H7NO2/c1-3-10-11-5-4-9(16-2)6-12(11)14-8-15-7-13(10)14;1-2-4-3(5)6/h4-6,10,13-15H,3,7-8H2,1-2H3;4H,2H2,1H3,(H,5,6). The van der Waals surface area contributed by atoms with Crippen LogP contribution in [-0.2, 0) is 0 Å². The van der Waals surface area contributed by atoms with E-state index in [4.69, 9.17) is 9.84 Å². The highest BCUT2D eigenvalue weighted by atomic mass is 16.5. The van der Waals surface area contributed by atoms with Crippen molar-refractivity contribution < 1.29 is 14.6 Å². The van der Waals surface area contributed by atoms with Crippen LogP contribution in [0.2, 0.25) is 0 Å². The van der Waals surface area contributed by atoms with E-state index in [2.05, 4.69) is 35.8 Å². The number of benzene rings is 1. The van der Waals surface area contributed by atoms with Crippen LogP contribution in [0, 0.1) is 5.92 Å².